The molecule has 2 aromatic rings. The first-order valence-corrected chi connectivity index (χ1v) is 6.61. The number of nitrogens with zero attached hydrogens (tertiary/aromatic N) is 4. The third-order valence-corrected chi connectivity index (χ3v) is 2.88. The maximum atomic E-state index is 12.2. The van der Waals surface area contributed by atoms with E-state index in [-0.39, 0.29) is 6.54 Å². The lowest BCUT2D eigenvalue weighted by Gasteiger charge is -2.25. The van der Waals surface area contributed by atoms with Crippen molar-refractivity contribution < 1.29 is 9.53 Å². The summed E-state index contributed by atoms with van der Waals surface area (Å²) in [6.07, 6.45) is 1.19. The zero-order chi connectivity index (χ0) is 15.6. The van der Waals surface area contributed by atoms with Gasteiger partial charge in [-0.05, 0) is 39.0 Å². The molecule has 0 bridgehead atoms. The Morgan fingerprint density at radius 3 is 2.81 bits per heavy atom. The van der Waals surface area contributed by atoms with Crippen molar-refractivity contribution in [1.29, 1.82) is 5.26 Å². The van der Waals surface area contributed by atoms with Gasteiger partial charge in [-0.1, -0.05) is 0 Å². The van der Waals surface area contributed by atoms with Crippen molar-refractivity contribution in [1.82, 2.24) is 9.78 Å². The molecule has 6 heteroatoms. The van der Waals surface area contributed by atoms with E-state index in [0.717, 1.165) is 10.9 Å². The lowest BCUT2D eigenvalue weighted by Crippen LogP contribution is -2.37. The molecule has 0 radical (unpaired) electrons. The molecule has 0 atom stereocenters. The fourth-order valence-electron chi connectivity index (χ4n) is 1.97. The number of aromatic nitrogens is 2. The zero-order valence-electron chi connectivity index (χ0n) is 12.6. The molecule has 0 fully saturated rings. The van der Waals surface area contributed by atoms with Crippen molar-refractivity contribution >= 4 is 22.7 Å². The molecule has 1 aromatic heterocycles. The Kier molecular flexibility index (Phi) is 3.85. The Hall–Kier alpha value is -2.55. The standard InChI is InChI=1S/C15H18N4O2/c1-15(2,3)21-14(20)19(8-7-16)12-5-6-13-11(9-12)10-17-18(13)4/h5-6,9-10H,8H2,1-4H3. The number of ether oxygens (including phenoxy) is 1. The van der Waals surface area contributed by atoms with Crippen LogP contribution in [0.25, 0.3) is 10.9 Å². The van der Waals surface area contributed by atoms with E-state index in [4.69, 9.17) is 10.00 Å². The molecule has 0 N–H and O–H groups in total. The molecule has 1 heterocycles. The highest BCUT2D eigenvalue weighted by Gasteiger charge is 2.23. The highest BCUT2D eigenvalue weighted by atomic mass is 16.6. The molecule has 21 heavy (non-hydrogen) atoms. The minimum absolute atomic E-state index is 0.0688. The van der Waals surface area contributed by atoms with Crippen molar-refractivity contribution in [3.05, 3.63) is 24.4 Å². The number of hydrogen-bond acceptors (Lipinski definition) is 4. The Balaban J connectivity index is 2.36. The molecular formula is C15H18N4O2. The Labute approximate surface area is 123 Å². The molecule has 0 spiro atoms. The van der Waals surface area contributed by atoms with E-state index in [1.54, 1.807) is 37.7 Å². The third-order valence-electron chi connectivity index (χ3n) is 2.88. The van der Waals surface area contributed by atoms with Crippen molar-refractivity contribution in [2.45, 2.75) is 26.4 Å². The fourth-order valence-corrected chi connectivity index (χ4v) is 1.97. The molecule has 1 aromatic carbocycles. The molecule has 0 saturated heterocycles. The first kappa shape index (κ1) is 14.9. The van der Waals surface area contributed by atoms with Crippen molar-refractivity contribution in [3.8, 4) is 6.07 Å². The number of rotatable bonds is 2. The molecule has 0 aliphatic heterocycles. The van der Waals surface area contributed by atoms with Gasteiger partial charge in [0, 0.05) is 18.1 Å². The molecule has 0 aliphatic rings. The van der Waals surface area contributed by atoms with Gasteiger partial charge in [0.25, 0.3) is 0 Å². The lowest BCUT2D eigenvalue weighted by molar-refractivity contribution is 0.0585. The predicted molar refractivity (Wildman–Crippen MR) is 79.9 cm³/mol. The number of hydrogen-bond donors (Lipinski definition) is 0. The number of nitriles is 1. The second kappa shape index (κ2) is 5.44. The maximum absolute atomic E-state index is 12.2. The summed E-state index contributed by atoms with van der Waals surface area (Å²) < 4.78 is 7.09. The number of amides is 1. The smallest absolute Gasteiger partial charge is 0.415 e. The van der Waals surface area contributed by atoms with Gasteiger partial charge in [0.1, 0.15) is 12.1 Å². The summed E-state index contributed by atoms with van der Waals surface area (Å²) in [7, 11) is 1.85. The van der Waals surface area contributed by atoms with E-state index < -0.39 is 11.7 Å². The number of aryl methyl sites for hydroxylation is 1. The normalized spacial score (nSPS) is 11.2. The summed E-state index contributed by atoms with van der Waals surface area (Å²) in [5.74, 6) is 0. The van der Waals surface area contributed by atoms with Gasteiger partial charge in [0.05, 0.1) is 17.8 Å². The van der Waals surface area contributed by atoms with Gasteiger partial charge in [-0.3, -0.25) is 9.58 Å². The quantitative estimate of drug-likeness (QED) is 0.796. The van der Waals surface area contributed by atoms with Gasteiger partial charge in [0.15, 0.2) is 0 Å². The second-order valence-corrected chi connectivity index (χ2v) is 5.74. The van der Waals surface area contributed by atoms with E-state index in [9.17, 15) is 4.79 Å². The summed E-state index contributed by atoms with van der Waals surface area (Å²) in [5, 5.41) is 14.0. The van der Waals surface area contributed by atoms with Crippen molar-refractivity contribution in [3.63, 3.8) is 0 Å². The molecule has 0 saturated carbocycles. The number of benzene rings is 1. The predicted octanol–water partition coefficient (Wildman–Crippen LogP) is 2.84. The molecule has 2 rings (SSSR count). The van der Waals surface area contributed by atoms with Gasteiger partial charge in [-0.25, -0.2) is 4.79 Å². The van der Waals surface area contributed by atoms with Gasteiger partial charge in [-0.15, -0.1) is 0 Å². The molecule has 0 aliphatic carbocycles. The number of carbonyl (C=O) groups excluding carboxylic acids is 1. The van der Waals surface area contributed by atoms with Crippen LogP contribution >= 0.6 is 0 Å². The largest absolute Gasteiger partial charge is 0.443 e. The molecule has 1 amide bonds. The summed E-state index contributed by atoms with van der Waals surface area (Å²) >= 11 is 0. The Morgan fingerprint density at radius 1 is 1.48 bits per heavy atom. The van der Waals surface area contributed by atoms with E-state index in [2.05, 4.69) is 5.10 Å². The molecular weight excluding hydrogens is 268 g/mol. The number of carbonyl (C=O) groups is 1. The van der Waals surface area contributed by atoms with E-state index >= 15 is 0 Å². The van der Waals surface area contributed by atoms with Crippen LogP contribution in [0.4, 0.5) is 10.5 Å². The van der Waals surface area contributed by atoms with E-state index in [1.165, 1.54) is 4.90 Å². The number of anilines is 1. The maximum Gasteiger partial charge on any atom is 0.415 e. The van der Waals surface area contributed by atoms with Crippen molar-refractivity contribution in [2.75, 3.05) is 11.4 Å². The van der Waals surface area contributed by atoms with Gasteiger partial charge >= 0.3 is 6.09 Å². The Morgan fingerprint density at radius 2 is 2.19 bits per heavy atom. The first-order valence-electron chi connectivity index (χ1n) is 6.61. The molecule has 110 valence electrons. The van der Waals surface area contributed by atoms with Crippen LogP contribution in [0.5, 0.6) is 0 Å². The minimum Gasteiger partial charge on any atom is -0.443 e. The van der Waals surface area contributed by atoms with Crippen LogP contribution in [0.1, 0.15) is 20.8 Å². The van der Waals surface area contributed by atoms with E-state index in [0.29, 0.717) is 5.69 Å². The van der Waals surface area contributed by atoms with Crippen LogP contribution in [0, 0.1) is 11.3 Å². The molecule has 0 unspecified atom stereocenters. The molecule has 6 nitrogen and oxygen atoms in total. The SMILES string of the molecule is Cn1ncc2cc(N(CC#N)C(=O)OC(C)(C)C)ccc21. The van der Waals surface area contributed by atoms with Crippen LogP contribution in [-0.2, 0) is 11.8 Å². The van der Waals surface area contributed by atoms with Crippen molar-refractivity contribution in [2.24, 2.45) is 7.05 Å². The van der Waals surface area contributed by atoms with Crippen LogP contribution in [-0.4, -0.2) is 28.0 Å². The zero-order valence-corrected chi connectivity index (χ0v) is 12.6. The van der Waals surface area contributed by atoms with E-state index in [1.807, 2.05) is 25.2 Å². The number of fused-ring (bicyclic) bond motifs is 1. The summed E-state index contributed by atoms with van der Waals surface area (Å²) in [4.78, 5) is 13.5. The van der Waals surface area contributed by atoms with Crippen LogP contribution in [0.15, 0.2) is 24.4 Å². The van der Waals surface area contributed by atoms with Gasteiger partial charge in [0.2, 0.25) is 0 Å². The Bertz CT molecular complexity index is 707. The average Bonchev–Trinajstić information content (AvgIpc) is 2.75. The topological polar surface area (TPSA) is 71.2 Å². The minimum atomic E-state index is -0.608. The van der Waals surface area contributed by atoms with Crippen LogP contribution in [0.3, 0.4) is 0 Å². The average molecular weight is 286 g/mol. The van der Waals surface area contributed by atoms with Gasteiger partial charge in [-0.2, -0.15) is 10.4 Å². The monoisotopic (exact) mass is 286 g/mol. The van der Waals surface area contributed by atoms with Gasteiger partial charge < -0.3 is 4.74 Å². The third kappa shape index (κ3) is 3.31. The highest BCUT2D eigenvalue weighted by Crippen LogP contribution is 2.23. The summed E-state index contributed by atoms with van der Waals surface area (Å²) in [5.41, 5.74) is 0.967. The first-order chi connectivity index (χ1) is 9.81. The lowest BCUT2D eigenvalue weighted by atomic mass is 10.2. The van der Waals surface area contributed by atoms with Crippen LogP contribution < -0.4 is 4.90 Å². The fraction of sp³-hybridized carbons (Fsp3) is 0.400. The summed E-state index contributed by atoms with van der Waals surface area (Å²) in [6, 6.07) is 7.46. The summed E-state index contributed by atoms with van der Waals surface area (Å²) in [6.45, 7) is 5.31. The highest BCUT2D eigenvalue weighted by molar-refractivity contribution is 5.92. The van der Waals surface area contributed by atoms with Crippen LogP contribution in [0.2, 0.25) is 0 Å². The second-order valence-electron chi connectivity index (χ2n) is 5.74.